The van der Waals surface area contributed by atoms with Gasteiger partial charge in [0.05, 0.1) is 12.4 Å². The van der Waals surface area contributed by atoms with Crippen molar-refractivity contribution in [1.29, 1.82) is 0 Å². The lowest BCUT2D eigenvalue weighted by atomic mass is 10.2. The third kappa shape index (κ3) is 6.16. The first-order valence-corrected chi connectivity index (χ1v) is 9.02. The normalized spacial score (nSPS) is 10.3. The molecule has 23 heavy (non-hydrogen) atoms. The molecular weight excluding hydrogens is 330 g/mol. The molecule has 0 aliphatic rings. The Hall–Kier alpha value is -1.65. The Morgan fingerprint density at radius 1 is 1.17 bits per heavy atom. The molecule has 0 spiro atoms. The maximum atomic E-state index is 11.9. The highest BCUT2D eigenvalue weighted by Gasteiger charge is 2.04. The van der Waals surface area contributed by atoms with Gasteiger partial charge in [-0.15, -0.1) is 11.8 Å². The Kier molecular flexibility index (Phi) is 7.30. The van der Waals surface area contributed by atoms with Gasteiger partial charge in [0.1, 0.15) is 5.75 Å². The minimum atomic E-state index is 0.0240. The summed E-state index contributed by atoms with van der Waals surface area (Å²) in [7, 11) is 0. The average molecular weight is 350 g/mol. The van der Waals surface area contributed by atoms with Gasteiger partial charge in [-0.25, -0.2) is 0 Å². The summed E-state index contributed by atoms with van der Waals surface area (Å²) >= 11 is 7.65. The molecule has 0 aliphatic heterocycles. The summed E-state index contributed by atoms with van der Waals surface area (Å²) in [6.45, 7) is 3.13. The zero-order valence-electron chi connectivity index (χ0n) is 13.0. The molecule has 2 aromatic rings. The first kappa shape index (κ1) is 17.7. The lowest BCUT2D eigenvalue weighted by Crippen LogP contribution is -2.24. The highest BCUT2D eigenvalue weighted by Crippen LogP contribution is 2.20. The number of hydrogen-bond donors (Lipinski definition) is 1. The predicted octanol–water partition coefficient (Wildman–Crippen LogP) is 4.29. The second-order valence-corrected chi connectivity index (χ2v) is 6.33. The summed E-state index contributed by atoms with van der Waals surface area (Å²) in [6.07, 6.45) is 0. The van der Waals surface area contributed by atoms with Crippen molar-refractivity contribution >= 4 is 29.3 Å². The van der Waals surface area contributed by atoms with Gasteiger partial charge in [0.25, 0.3) is 0 Å². The van der Waals surface area contributed by atoms with Crippen LogP contribution in [0.1, 0.15) is 18.1 Å². The second-order valence-electron chi connectivity index (χ2n) is 4.94. The molecule has 1 amide bonds. The fourth-order valence-corrected chi connectivity index (χ4v) is 3.13. The molecule has 0 radical (unpaired) electrons. The maximum absolute atomic E-state index is 11.9. The standard InChI is InChI=1S/C18H20ClNO2S/c1-2-22-16-9-7-14(8-10-16)11-20-18(21)13-23-12-15-5-3-4-6-17(15)19/h3-10H,2,11-13H2,1H3,(H,20,21). The van der Waals surface area contributed by atoms with Crippen molar-refractivity contribution < 1.29 is 9.53 Å². The molecule has 0 fully saturated rings. The summed E-state index contributed by atoms with van der Waals surface area (Å²) in [5.41, 5.74) is 2.11. The molecule has 1 N–H and O–H groups in total. The van der Waals surface area contributed by atoms with Crippen LogP contribution in [0.4, 0.5) is 0 Å². The van der Waals surface area contributed by atoms with E-state index < -0.39 is 0 Å². The van der Waals surface area contributed by atoms with E-state index in [2.05, 4.69) is 5.32 Å². The number of nitrogens with one attached hydrogen (secondary N) is 1. The molecule has 0 saturated carbocycles. The first-order valence-electron chi connectivity index (χ1n) is 7.48. The molecule has 2 aromatic carbocycles. The van der Waals surface area contributed by atoms with Gasteiger partial charge in [-0.3, -0.25) is 4.79 Å². The minimum Gasteiger partial charge on any atom is -0.494 e. The number of ether oxygens (including phenoxy) is 1. The Labute approximate surface area is 146 Å². The molecule has 0 saturated heterocycles. The van der Waals surface area contributed by atoms with Crippen molar-refractivity contribution in [2.45, 2.75) is 19.2 Å². The third-order valence-electron chi connectivity index (χ3n) is 3.17. The molecule has 0 heterocycles. The number of amides is 1. The minimum absolute atomic E-state index is 0.0240. The zero-order chi connectivity index (χ0) is 16.5. The van der Waals surface area contributed by atoms with Gasteiger partial charge in [-0.05, 0) is 36.2 Å². The van der Waals surface area contributed by atoms with E-state index in [-0.39, 0.29) is 5.91 Å². The van der Waals surface area contributed by atoms with Crippen molar-refractivity contribution in [3.63, 3.8) is 0 Å². The number of benzene rings is 2. The Morgan fingerprint density at radius 3 is 2.61 bits per heavy atom. The van der Waals surface area contributed by atoms with Gasteiger partial charge in [0, 0.05) is 17.3 Å². The number of carbonyl (C=O) groups is 1. The monoisotopic (exact) mass is 349 g/mol. The van der Waals surface area contributed by atoms with E-state index in [4.69, 9.17) is 16.3 Å². The van der Waals surface area contributed by atoms with Crippen LogP contribution in [0.25, 0.3) is 0 Å². The van der Waals surface area contributed by atoms with Gasteiger partial charge >= 0.3 is 0 Å². The van der Waals surface area contributed by atoms with Gasteiger partial charge < -0.3 is 10.1 Å². The van der Waals surface area contributed by atoms with Gasteiger partial charge in [-0.1, -0.05) is 41.9 Å². The quantitative estimate of drug-likeness (QED) is 0.772. The Bertz CT molecular complexity index is 631. The molecule has 0 unspecified atom stereocenters. The summed E-state index contributed by atoms with van der Waals surface area (Å²) in [6, 6.07) is 15.4. The molecule has 0 aromatic heterocycles. The number of thioether (sulfide) groups is 1. The van der Waals surface area contributed by atoms with Gasteiger partial charge in [0.15, 0.2) is 0 Å². The second kappa shape index (κ2) is 9.48. The van der Waals surface area contributed by atoms with E-state index in [1.54, 1.807) is 11.8 Å². The van der Waals surface area contributed by atoms with Crippen LogP contribution in [0, 0.1) is 0 Å². The van der Waals surface area contributed by atoms with E-state index in [1.165, 1.54) is 0 Å². The lowest BCUT2D eigenvalue weighted by molar-refractivity contribution is -0.118. The van der Waals surface area contributed by atoms with Crippen LogP contribution in [-0.4, -0.2) is 18.3 Å². The van der Waals surface area contributed by atoms with Crippen LogP contribution in [0.3, 0.4) is 0 Å². The van der Waals surface area contributed by atoms with Crippen LogP contribution in [0.15, 0.2) is 48.5 Å². The van der Waals surface area contributed by atoms with Crippen LogP contribution >= 0.6 is 23.4 Å². The van der Waals surface area contributed by atoms with Crippen LogP contribution in [0.2, 0.25) is 5.02 Å². The largest absolute Gasteiger partial charge is 0.494 e. The fraction of sp³-hybridized carbons (Fsp3) is 0.278. The maximum Gasteiger partial charge on any atom is 0.230 e. The number of hydrogen-bond acceptors (Lipinski definition) is 3. The SMILES string of the molecule is CCOc1ccc(CNC(=O)CSCc2ccccc2Cl)cc1. The molecule has 5 heteroatoms. The van der Waals surface area contributed by atoms with Crippen molar-refractivity contribution in [2.75, 3.05) is 12.4 Å². The smallest absolute Gasteiger partial charge is 0.230 e. The van der Waals surface area contributed by atoms with E-state index >= 15 is 0 Å². The van der Waals surface area contributed by atoms with Gasteiger partial charge in [-0.2, -0.15) is 0 Å². The molecule has 0 atom stereocenters. The molecule has 0 aliphatic carbocycles. The van der Waals surface area contributed by atoms with Crippen LogP contribution in [0.5, 0.6) is 5.75 Å². The highest BCUT2D eigenvalue weighted by atomic mass is 35.5. The average Bonchev–Trinajstić information content (AvgIpc) is 2.56. The summed E-state index contributed by atoms with van der Waals surface area (Å²) < 4.78 is 5.39. The van der Waals surface area contributed by atoms with Crippen molar-refractivity contribution in [3.05, 3.63) is 64.7 Å². The van der Waals surface area contributed by atoms with Crippen molar-refractivity contribution in [2.24, 2.45) is 0 Å². The molecular formula is C18H20ClNO2S. The topological polar surface area (TPSA) is 38.3 Å². The molecule has 122 valence electrons. The summed E-state index contributed by atoms with van der Waals surface area (Å²) in [5.74, 6) is 2.02. The Balaban J connectivity index is 1.69. The van der Waals surface area contributed by atoms with E-state index in [0.717, 1.165) is 27.7 Å². The number of halogens is 1. The third-order valence-corrected chi connectivity index (χ3v) is 4.52. The highest BCUT2D eigenvalue weighted by molar-refractivity contribution is 7.99. The van der Waals surface area contributed by atoms with E-state index in [9.17, 15) is 4.79 Å². The molecule has 0 bridgehead atoms. The van der Waals surface area contributed by atoms with Crippen LogP contribution < -0.4 is 10.1 Å². The zero-order valence-corrected chi connectivity index (χ0v) is 14.6. The summed E-state index contributed by atoms with van der Waals surface area (Å²) in [5, 5.41) is 3.66. The fourth-order valence-electron chi connectivity index (χ4n) is 1.99. The summed E-state index contributed by atoms with van der Waals surface area (Å²) in [4.78, 5) is 11.9. The number of rotatable bonds is 8. The molecule has 3 nitrogen and oxygen atoms in total. The lowest BCUT2D eigenvalue weighted by Gasteiger charge is -2.07. The predicted molar refractivity (Wildman–Crippen MR) is 97.1 cm³/mol. The van der Waals surface area contributed by atoms with Crippen molar-refractivity contribution in [3.8, 4) is 5.75 Å². The first-order chi connectivity index (χ1) is 11.2. The number of carbonyl (C=O) groups excluding carboxylic acids is 1. The van der Waals surface area contributed by atoms with E-state index in [1.807, 2.05) is 55.5 Å². The van der Waals surface area contributed by atoms with Crippen molar-refractivity contribution in [1.82, 2.24) is 5.32 Å². The molecule has 2 rings (SSSR count). The van der Waals surface area contributed by atoms with Crippen LogP contribution in [-0.2, 0) is 17.1 Å². The van der Waals surface area contributed by atoms with Gasteiger partial charge in [0.2, 0.25) is 5.91 Å². The Morgan fingerprint density at radius 2 is 1.91 bits per heavy atom. The van der Waals surface area contributed by atoms with E-state index in [0.29, 0.717) is 18.9 Å².